The smallest absolute Gasteiger partial charge is 0.417 e. The molecule has 0 radical (unpaired) electrons. The van der Waals surface area contributed by atoms with Gasteiger partial charge in [-0.3, -0.25) is 0 Å². The Morgan fingerprint density at radius 1 is 0.684 bits per heavy atom. The van der Waals surface area contributed by atoms with E-state index in [4.69, 9.17) is 9.47 Å². The van der Waals surface area contributed by atoms with E-state index in [1.165, 1.54) is 12.1 Å². The number of para-hydroxylation sites is 1. The topological polar surface area (TPSA) is 21.7 Å². The van der Waals surface area contributed by atoms with Gasteiger partial charge in [0.05, 0.1) is 5.57 Å². The molecule has 4 rings (SSSR count). The summed E-state index contributed by atoms with van der Waals surface area (Å²) in [7, 11) is 3.90. The molecule has 0 atom stereocenters. The number of halogens is 3. The van der Waals surface area contributed by atoms with Crippen LogP contribution in [-0.2, 0) is 6.61 Å². The predicted octanol–water partition coefficient (Wildman–Crippen LogP) is 7.73. The molecule has 4 aromatic rings. The Morgan fingerprint density at radius 3 is 1.92 bits per heavy atom. The van der Waals surface area contributed by atoms with E-state index in [0.717, 1.165) is 12.1 Å². The van der Waals surface area contributed by atoms with E-state index in [1.807, 2.05) is 49.3 Å². The summed E-state index contributed by atoms with van der Waals surface area (Å²) < 4.78 is 56.3. The van der Waals surface area contributed by atoms with Gasteiger partial charge < -0.3 is 14.4 Å². The zero-order valence-corrected chi connectivity index (χ0v) is 21.4. The normalized spacial score (nSPS) is 12.3. The number of benzene rings is 4. The van der Waals surface area contributed by atoms with Gasteiger partial charge in [-0.2, -0.15) is 13.2 Å². The Labute approximate surface area is 221 Å². The number of allylic oxidation sites excluding steroid dienone is 1. The van der Waals surface area contributed by atoms with Crippen LogP contribution in [0.25, 0.3) is 11.1 Å². The Bertz CT molecular complexity index is 1330. The predicted molar refractivity (Wildman–Crippen MR) is 146 cm³/mol. The van der Waals surface area contributed by atoms with Crippen LogP contribution in [-0.4, -0.2) is 38.3 Å². The minimum atomic E-state index is -4.62. The van der Waals surface area contributed by atoms with E-state index in [1.54, 1.807) is 66.7 Å². The number of rotatable bonds is 10. The molecule has 0 fully saturated rings. The third-order valence-electron chi connectivity index (χ3n) is 5.94. The highest BCUT2D eigenvalue weighted by Gasteiger charge is 2.38. The van der Waals surface area contributed by atoms with Crippen LogP contribution in [0, 0.1) is 0 Å². The van der Waals surface area contributed by atoms with Gasteiger partial charge in [-0.1, -0.05) is 91.0 Å². The molecule has 0 aromatic heterocycles. The third-order valence-corrected chi connectivity index (χ3v) is 5.94. The standard InChI is InChI=1S/C32H30F3NO2/c1-36(2)21-22-37-27-19-17-25(18-20-27)30(31(32(33,34)35)26-13-7-4-8-14-26)28-15-9-10-16-29(28)38-23-24-11-5-3-6-12-24/h3-20H,21-23H2,1-2H3. The third kappa shape index (κ3) is 7.05. The van der Waals surface area contributed by atoms with Crippen molar-refractivity contribution in [2.75, 3.05) is 27.2 Å². The largest absolute Gasteiger partial charge is 0.492 e. The molecule has 38 heavy (non-hydrogen) atoms. The molecule has 0 aliphatic rings. The van der Waals surface area contributed by atoms with E-state index in [9.17, 15) is 13.2 Å². The Morgan fingerprint density at radius 2 is 1.29 bits per heavy atom. The molecule has 0 amide bonds. The van der Waals surface area contributed by atoms with Crippen molar-refractivity contribution in [3.05, 3.63) is 131 Å². The summed E-state index contributed by atoms with van der Waals surface area (Å²) in [6.45, 7) is 1.44. The first-order valence-electron chi connectivity index (χ1n) is 12.3. The van der Waals surface area contributed by atoms with Gasteiger partial charge in [0.2, 0.25) is 0 Å². The van der Waals surface area contributed by atoms with Gasteiger partial charge >= 0.3 is 6.18 Å². The summed E-state index contributed by atoms with van der Waals surface area (Å²) in [6, 6.07) is 31.0. The van der Waals surface area contributed by atoms with Crippen LogP contribution in [0.3, 0.4) is 0 Å². The van der Waals surface area contributed by atoms with Gasteiger partial charge in [0.25, 0.3) is 0 Å². The molecule has 3 nitrogen and oxygen atoms in total. The van der Waals surface area contributed by atoms with E-state index in [-0.39, 0.29) is 17.7 Å². The molecule has 196 valence electrons. The molecule has 0 heterocycles. The molecule has 0 saturated carbocycles. The Hall–Kier alpha value is -4.03. The van der Waals surface area contributed by atoms with Gasteiger partial charge in [-0.05, 0) is 49.0 Å². The van der Waals surface area contributed by atoms with Crippen molar-refractivity contribution in [1.82, 2.24) is 4.90 Å². The molecule has 0 unspecified atom stereocenters. The second-order valence-electron chi connectivity index (χ2n) is 9.06. The lowest BCUT2D eigenvalue weighted by molar-refractivity contribution is -0.0685. The molecular weight excluding hydrogens is 487 g/mol. The van der Waals surface area contributed by atoms with E-state index in [0.29, 0.717) is 29.2 Å². The SMILES string of the molecule is CN(C)CCOc1ccc(C(=C(c2ccccc2)C(F)(F)F)c2ccccc2OCc2ccccc2)cc1. The Balaban J connectivity index is 1.83. The lowest BCUT2D eigenvalue weighted by Gasteiger charge is -2.22. The Kier molecular flexibility index (Phi) is 8.87. The summed E-state index contributed by atoms with van der Waals surface area (Å²) in [4.78, 5) is 2.00. The molecular formula is C32H30F3NO2. The van der Waals surface area contributed by atoms with Crippen LogP contribution in [0.15, 0.2) is 109 Å². The first-order valence-corrected chi connectivity index (χ1v) is 12.3. The van der Waals surface area contributed by atoms with Gasteiger partial charge in [0, 0.05) is 17.7 Å². The summed E-state index contributed by atoms with van der Waals surface area (Å²) >= 11 is 0. The molecule has 0 saturated heterocycles. The summed E-state index contributed by atoms with van der Waals surface area (Å²) in [5.74, 6) is 0.965. The highest BCUT2D eigenvalue weighted by atomic mass is 19.4. The summed E-state index contributed by atoms with van der Waals surface area (Å²) in [5, 5.41) is 0. The molecule has 0 bridgehead atoms. The molecule has 4 aromatic carbocycles. The van der Waals surface area contributed by atoms with Crippen LogP contribution in [0.4, 0.5) is 13.2 Å². The number of likely N-dealkylation sites (N-methyl/N-ethyl adjacent to an activating group) is 1. The maximum absolute atomic E-state index is 14.8. The number of hydrogen-bond donors (Lipinski definition) is 0. The number of hydrogen-bond acceptors (Lipinski definition) is 3. The van der Waals surface area contributed by atoms with Crippen LogP contribution in [0.2, 0.25) is 0 Å². The highest BCUT2D eigenvalue weighted by molar-refractivity contribution is 6.01. The minimum absolute atomic E-state index is 0.0483. The van der Waals surface area contributed by atoms with Gasteiger partial charge in [0.15, 0.2) is 0 Å². The fourth-order valence-corrected chi connectivity index (χ4v) is 4.09. The maximum Gasteiger partial charge on any atom is 0.417 e. The quantitative estimate of drug-likeness (QED) is 0.201. The lowest BCUT2D eigenvalue weighted by atomic mass is 9.88. The van der Waals surface area contributed by atoms with Crippen molar-refractivity contribution in [3.8, 4) is 11.5 Å². The summed E-state index contributed by atoms with van der Waals surface area (Å²) in [5.41, 5.74) is 1.10. The average molecular weight is 518 g/mol. The molecule has 6 heteroatoms. The van der Waals surface area contributed by atoms with E-state index < -0.39 is 11.7 Å². The molecule has 0 spiro atoms. The lowest BCUT2D eigenvalue weighted by Crippen LogP contribution is -2.19. The van der Waals surface area contributed by atoms with Crippen molar-refractivity contribution in [2.45, 2.75) is 12.8 Å². The van der Waals surface area contributed by atoms with E-state index >= 15 is 0 Å². The van der Waals surface area contributed by atoms with Crippen molar-refractivity contribution < 1.29 is 22.6 Å². The first-order chi connectivity index (χ1) is 18.3. The highest BCUT2D eigenvalue weighted by Crippen LogP contribution is 2.45. The molecule has 0 N–H and O–H groups in total. The van der Waals surface area contributed by atoms with Crippen molar-refractivity contribution in [3.63, 3.8) is 0 Å². The number of alkyl halides is 3. The van der Waals surface area contributed by atoms with Crippen LogP contribution in [0.5, 0.6) is 11.5 Å². The fraction of sp³-hybridized carbons (Fsp3) is 0.188. The zero-order chi connectivity index (χ0) is 27.0. The minimum Gasteiger partial charge on any atom is -0.492 e. The van der Waals surface area contributed by atoms with Crippen LogP contribution in [0.1, 0.15) is 22.3 Å². The summed E-state index contributed by atoms with van der Waals surface area (Å²) in [6.07, 6.45) is -4.62. The van der Waals surface area contributed by atoms with Gasteiger partial charge in [-0.25, -0.2) is 0 Å². The van der Waals surface area contributed by atoms with Gasteiger partial charge in [0.1, 0.15) is 24.7 Å². The first kappa shape index (κ1) is 27.0. The van der Waals surface area contributed by atoms with Crippen molar-refractivity contribution in [1.29, 1.82) is 0 Å². The fourth-order valence-electron chi connectivity index (χ4n) is 4.09. The van der Waals surface area contributed by atoms with Crippen LogP contribution >= 0.6 is 0 Å². The van der Waals surface area contributed by atoms with Gasteiger partial charge in [-0.15, -0.1) is 0 Å². The second-order valence-corrected chi connectivity index (χ2v) is 9.06. The molecule has 0 aliphatic carbocycles. The molecule has 0 aliphatic heterocycles. The number of ether oxygens (including phenoxy) is 2. The van der Waals surface area contributed by atoms with Crippen molar-refractivity contribution in [2.24, 2.45) is 0 Å². The zero-order valence-electron chi connectivity index (χ0n) is 21.4. The van der Waals surface area contributed by atoms with Crippen molar-refractivity contribution >= 4 is 11.1 Å². The second kappa shape index (κ2) is 12.5. The van der Waals surface area contributed by atoms with E-state index in [2.05, 4.69) is 0 Å². The number of nitrogens with zero attached hydrogens (tertiary/aromatic N) is 1. The monoisotopic (exact) mass is 517 g/mol. The maximum atomic E-state index is 14.8. The van der Waals surface area contributed by atoms with Crippen LogP contribution < -0.4 is 9.47 Å². The average Bonchev–Trinajstić information content (AvgIpc) is 2.91.